The highest BCUT2D eigenvalue weighted by Gasteiger charge is 2.37. The summed E-state index contributed by atoms with van der Waals surface area (Å²) < 4.78 is 10.7. The van der Waals surface area contributed by atoms with Crippen LogP contribution in [0, 0.1) is 11.8 Å². The van der Waals surface area contributed by atoms with Crippen molar-refractivity contribution in [2.24, 2.45) is 11.8 Å². The molecule has 2 aliphatic rings. The van der Waals surface area contributed by atoms with Crippen LogP contribution in [0.25, 0.3) is 0 Å². The van der Waals surface area contributed by atoms with Gasteiger partial charge in [0.15, 0.2) is 0 Å². The predicted molar refractivity (Wildman–Crippen MR) is 112 cm³/mol. The second-order valence-corrected chi connectivity index (χ2v) is 8.21. The van der Waals surface area contributed by atoms with Crippen LogP contribution in [-0.2, 0) is 19.1 Å². The van der Waals surface area contributed by atoms with E-state index in [4.69, 9.17) is 9.47 Å². The molecular weight excluding hydrogens is 386 g/mol. The van der Waals surface area contributed by atoms with Gasteiger partial charge in [0.25, 0.3) is 0 Å². The van der Waals surface area contributed by atoms with Crippen molar-refractivity contribution in [3.05, 3.63) is 24.3 Å². The monoisotopic (exact) mass is 417 g/mol. The van der Waals surface area contributed by atoms with Crippen LogP contribution in [0.3, 0.4) is 0 Å². The van der Waals surface area contributed by atoms with Gasteiger partial charge in [0.1, 0.15) is 11.8 Å². The third-order valence-electron chi connectivity index (χ3n) is 5.65. The highest BCUT2D eigenvalue weighted by Crippen LogP contribution is 2.27. The number of nitrogens with zero attached hydrogens (tertiary/aromatic N) is 1. The second kappa shape index (κ2) is 9.93. The van der Waals surface area contributed by atoms with Crippen LogP contribution < -0.4 is 20.3 Å². The van der Waals surface area contributed by atoms with E-state index in [2.05, 4.69) is 10.6 Å². The van der Waals surface area contributed by atoms with Crippen molar-refractivity contribution >= 4 is 23.4 Å². The van der Waals surface area contributed by atoms with E-state index in [-0.39, 0.29) is 36.2 Å². The van der Waals surface area contributed by atoms with Gasteiger partial charge in [0, 0.05) is 31.8 Å². The molecule has 3 rings (SSSR count). The number of rotatable bonds is 8. The van der Waals surface area contributed by atoms with Crippen LogP contribution in [0.2, 0.25) is 0 Å². The van der Waals surface area contributed by atoms with E-state index in [1.54, 1.807) is 36.3 Å². The minimum absolute atomic E-state index is 0.0444. The summed E-state index contributed by atoms with van der Waals surface area (Å²) in [6, 6.07) is 6.51. The fourth-order valence-corrected chi connectivity index (χ4v) is 3.83. The molecule has 8 heteroatoms. The summed E-state index contributed by atoms with van der Waals surface area (Å²) in [4.78, 5) is 39.5. The molecule has 2 fully saturated rings. The Hall–Kier alpha value is -2.61. The van der Waals surface area contributed by atoms with Crippen LogP contribution in [0.15, 0.2) is 24.3 Å². The first kappa shape index (κ1) is 22.1. The quantitative estimate of drug-likeness (QED) is 0.668. The molecule has 2 N–H and O–H groups in total. The SMILES string of the molecule is COc1ccc(N2CC(C(=O)NC(C(=O)NCC3CCCO3)C(C)C)CC2=O)cc1. The van der Waals surface area contributed by atoms with E-state index in [1.807, 2.05) is 13.8 Å². The maximum absolute atomic E-state index is 12.8. The summed E-state index contributed by atoms with van der Waals surface area (Å²) in [5.41, 5.74) is 0.728. The molecule has 0 radical (unpaired) electrons. The third kappa shape index (κ3) is 5.30. The predicted octanol–water partition coefficient (Wildman–Crippen LogP) is 1.48. The Kier molecular flexibility index (Phi) is 7.31. The van der Waals surface area contributed by atoms with Crippen molar-refractivity contribution in [3.8, 4) is 5.75 Å². The Bertz CT molecular complexity index is 759. The Morgan fingerprint density at radius 3 is 2.60 bits per heavy atom. The fraction of sp³-hybridized carbons (Fsp3) is 0.591. The van der Waals surface area contributed by atoms with Gasteiger partial charge >= 0.3 is 0 Å². The first-order chi connectivity index (χ1) is 14.4. The number of anilines is 1. The largest absolute Gasteiger partial charge is 0.497 e. The van der Waals surface area contributed by atoms with E-state index in [0.29, 0.717) is 18.8 Å². The normalized spacial score (nSPS) is 22.3. The van der Waals surface area contributed by atoms with Gasteiger partial charge in [-0.3, -0.25) is 14.4 Å². The summed E-state index contributed by atoms with van der Waals surface area (Å²) in [6.45, 7) is 5.25. The molecule has 30 heavy (non-hydrogen) atoms. The van der Waals surface area contributed by atoms with Gasteiger partial charge in [0.05, 0.1) is 19.1 Å². The smallest absolute Gasteiger partial charge is 0.242 e. The van der Waals surface area contributed by atoms with Crippen molar-refractivity contribution in [1.82, 2.24) is 10.6 Å². The molecule has 2 aliphatic heterocycles. The van der Waals surface area contributed by atoms with E-state index < -0.39 is 12.0 Å². The van der Waals surface area contributed by atoms with Crippen molar-refractivity contribution in [2.75, 3.05) is 31.7 Å². The minimum Gasteiger partial charge on any atom is -0.497 e. The fourth-order valence-electron chi connectivity index (χ4n) is 3.83. The number of ether oxygens (including phenoxy) is 2. The van der Waals surface area contributed by atoms with Gasteiger partial charge in [0.2, 0.25) is 17.7 Å². The van der Waals surface area contributed by atoms with Gasteiger partial charge in [-0.25, -0.2) is 0 Å². The second-order valence-electron chi connectivity index (χ2n) is 8.21. The zero-order valence-corrected chi connectivity index (χ0v) is 17.8. The average molecular weight is 418 g/mol. The molecular formula is C22H31N3O5. The number of hydrogen-bond donors (Lipinski definition) is 2. The van der Waals surface area contributed by atoms with Crippen LogP contribution in [0.1, 0.15) is 33.1 Å². The van der Waals surface area contributed by atoms with Crippen molar-refractivity contribution in [1.29, 1.82) is 0 Å². The van der Waals surface area contributed by atoms with E-state index in [1.165, 1.54) is 0 Å². The summed E-state index contributed by atoms with van der Waals surface area (Å²) in [5, 5.41) is 5.74. The first-order valence-corrected chi connectivity index (χ1v) is 10.5. The Morgan fingerprint density at radius 2 is 2.00 bits per heavy atom. The molecule has 2 heterocycles. The molecule has 0 spiro atoms. The third-order valence-corrected chi connectivity index (χ3v) is 5.65. The Balaban J connectivity index is 1.57. The highest BCUT2D eigenvalue weighted by atomic mass is 16.5. The molecule has 164 valence electrons. The summed E-state index contributed by atoms with van der Waals surface area (Å²) >= 11 is 0. The van der Waals surface area contributed by atoms with Gasteiger partial charge < -0.3 is 25.0 Å². The molecule has 3 unspecified atom stereocenters. The topological polar surface area (TPSA) is 97.0 Å². The lowest BCUT2D eigenvalue weighted by atomic mass is 10.0. The summed E-state index contributed by atoms with van der Waals surface area (Å²) in [5.74, 6) is -0.465. The molecule has 0 bridgehead atoms. The lowest BCUT2D eigenvalue weighted by molar-refractivity contribution is -0.132. The van der Waals surface area contributed by atoms with Crippen LogP contribution >= 0.6 is 0 Å². The van der Waals surface area contributed by atoms with Crippen molar-refractivity contribution < 1.29 is 23.9 Å². The number of nitrogens with one attached hydrogen (secondary N) is 2. The number of benzene rings is 1. The van der Waals surface area contributed by atoms with Crippen LogP contribution in [0.4, 0.5) is 5.69 Å². The Labute approximate surface area is 177 Å². The van der Waals surface area contributed by atoms with Crippen LogP contribution in [-0.4, -0.2) is 56.7 Å². The standard InChI is InChI=1S/C22H31N3O5/c1-14(2)20(22(28)23-12-18-5-4-10-30-18)24-21(27)15-11-19(26)25(13-15)16-6-8-17(29-3)9-7-16/h6-9,14-15,18,20H,4-5,10-13H2,1-3H3,(H,23,28)(H,24,27). The minimum atomic E-state index is -0.649. The molecule has 2 saturated heterocycles. The lowest BCUT2D eigenvalue weighted by Gasteiger charge is -2.24. The first-order valence-electron chi connectivity index (χ1n) is 10.5. The van der Waals surface area contributed by atoms with E-state index in [9.17, 15) is 14.4 Å². The maximum atomic E-state index is 12.8. The number of carbonyl (C=O) groups excluding carboxylic acids is 3. The molecule has 8 nitrogen and oxygen atoms in total. The molecule has 3 amide bonds. The average Bonchev–Trinajstić information content (AvgIpc) is 3.39. The highest BCUT2D eigenvalue weighted by molar-refractivity contribution is 6.01. The molecule has 3 atom stereocenters. The van der Waals surface area contributed by atoms with E-state index >= 15 is 0 Å². The van der Waals surface area contributed by atoms with Gasteiger partial charge in [-0.1, -0.05) is 13.8 Å². The zero-order valence-electron chi connectivity index (χ0n) is 17.8. The maximum Gasteiger partial charge on any atom is 0.242 e. The van der Waals surface area contributed by atoms with Crippen LogP contribution in [0.5, 0.6) is 5.75 Å². The number of hydrogen-bond acceptors (Lipinski definition) is 5. The van der Waals surface area contributed by atoms with Gasteiger partial charge in [-0.2, -0.15) is 0 Å². The lowest BCUT2D eigenvalue weighted by Crippen LogP contribution is -2.52. The molecule has 0 aliphatic carbocycles. The van der Waals surface area contributed by atoms with Crippen molar-refractivity contribution in [3.63, 3.8) is 0 Å². The number of carbonyl (C=O) groups is 3. The molecule has 1 aromatic rings. The van der Waals surface area contributed by atoms with Crippen molar-refractivity contribution in [2.45, 2.75) is 45.3 Å². The number of amides is 3. The zero-order chi connectivity index (χ0) is 21.7. The number of methoxy groups -OCH3 is 1. The van der Waals surface area contributed by atoms with Gasteiger partial charge in [-0.05, 0) is 43.0 Å². The molecule has 0 saturated carbocycles. The summed E-state index contributed by atoms with van der Waals surface area (Å²) in [7, 11) is 1.58. The van der Waals surface area contributed by atoms with E-state index in [0.717, 1.165) is 25.1 Å². The summed E-state index contributed by atoms with van der Waals surface area (Å²) in [6.07, 6.45) is 2.11. The van der Waals surface area contributed by atoms with Gasteiger partial charge in [-0.15, -0.1) is 0 Å². The Morgan fingerprint density at radius 1 is 1.27 bits per heavy atom. The molecule has 0 aromatic heterocycles. The molecule has 1 aromatic carbocycles.